The van der Waals surface area contributed by atoms with Crippen LogP contribution in [0.4, 0.5) is 0 Å². The van der Waals surface area contributed by atoms with Gasteiger partial charge in [0, 0.05) is 30.8 Å². The number of amides is 1. The molecule has 1 saturated heterocycles. The minimum absolute atomic E-state index is 0.0501. The molecule has 0 spiro atoms. The van der Waals surface area contributed by atoms with Gasteiger partial charge in [-0.05, 0) is 48.3 Å². The number of ketones is 1. The minimum Gasteiger partial charge on any atom is -0.342 e. The van der Waals surface area contributed by atoms with Crippen molar-refractivity contribution in [2.45, 2.75) is 43.2 Å². The van der Waals surface area contributed by atoms with Crippen LogP contribution in [0.2, 0.25) is 0 Å². The SMILES string of the molecule is NC(N)c1ccc(CC(CC(=O)CNS(=O)(=O)c2cccc3ccccc23)C(=O)N2CCCCC2)cc1. The van der Waals surface area contributed by atoms with Gasteiger partial charge in [-0.15, -0.1) is 0 Å². The zero-order chi connectivity index (χ0) is 26.4. The van der Waals surface area contributed by atoms with Gasteiger partial charge in [-0.2, -0.15) is 0 Å². The quantitative estimate of drug-likeness (QED) is 0.350. The summed E-state index contributed by atoms with van der Waals surface area (Å²) in [6.45, 7) is 0.979. The molecule has 0 radical (unpaired) electrons. The number of nitrogens with two attached hydrogens (primary N) is 2. The fourth-order valence-electron chi connectivity index (χ4n) is 4.81. The van der Waals surface area contributed by atoms with Gasteiger partial charge < -0.3 is 16.4 Å². The second kappa shape index (κ2) is 12.0. The molecule has 196 valence electrons. The molecule has 3 aromatic rings. The molecule has 1 heterocycles. The second-order valence-electron chi connectivity index (χ2n) is 9.60. The number of benzene rings is 3. The standard InChI is InChI=1S/C28H34N4O4S/c29-27(30)22-13-11-20(12-14-22)17-23(28(34)32-15-4-1-5-16-32)18-24(33)19-31-37(35,36)26-10-6-8-21-7-2-3-9-25(21)26/h2-3,6-14,23,27,31H,1,4-5,15-19,29-30H2. The van der Waals surface area contributed by atoms with Crippen molar-refractivity contribution in [3.63, 3.8) is 0 Å². The first-order valence-electron chi connectivity index (χ1n) is 12.6. The van der Waals surface area contributed by atoms with Crippen molar-refractivity contribution in [2.75, 3.05) is 19.6 Å². The molecule has 0 bridgehead atoms. The fraction of sp³-hybridized carbons (Fsp3) is 0.357. The summed E-state index contributed by atoms with van der Waals surface area (Å²) >= 11 is 0. The van der Waals surface area contributed by atoms with Gasteiger partial charge in [0.15, 0.2) is 0 Å². The first-order chi connectivity index (χ1) is 17.7. The Labute approximate surface area is 218 Å². The molecule has 1 aliphatic heterocycles. The zero-order valence-electron chi connectivity index (χ0n) is 20.8. The van der Waals surface area contributed by atoms with Gasteiger partial charge in [0.2, 0.25) is 15.9 Å². The number of rotatable bonds is 10. The van der Waals surface area contributed by atoms with Crippen LogP contribution in [-0.2, 0) is 26.0 Å². The highest BCUT2D eigenvalue weighted by molar-refractivity contribution is 7.89. The lowest BCUT2D eigenvalue weighted by atomic mass is 9.91. The first-order valence-corrected chi connectivity index (χ1v) is 14.1. The summed E-state index contributed by atoms with van der Waals surface area (Å²) in [6.07, 6.45) is 2.71. The average Bonchev–Trinajstić information content (AvgIpc) is 2.91. The van der Waals surface area contributed by atoms with E-state index >= 15 is 0 Å². The third-order valence-corrected chi connectivity index (χ3v) is 8.30. The Balaban J connectivity index is 1.47. The Hall–Kier alpha value is -3.11. The Morgan fingerprint density at radius 1 is 0.892 bits per heavy atom. The van der Waals surface area contributed by atoms with Crippen molar-refractivity contribution in [2.24, 2.45) is 17.4 Å². The van der Waals surface area contributed by atoms with E-state index in [-0.39, 0.29) is 29.6 Å². The number of carbonyl (C=O) groups excluding carboxylic acids is 2. The van der Waals surface area contributed by atoms with Gasteiger partial charge in [0.25, 0.3) is 0 Å². The molecular weight excluding hydrogens is 488 g/mol. The van der Waals surface area contributed by atoms with Gasteiger partial charge in [0.05, 0.1) is 17.6 Å². The van der Waals surface area contributed by atoms with E-state index in [0.29, 0.717) is 24.9 Å². The molecule has 1 atom stereocenters. The highest BCUT2D eigenvalue weighted by Gasteiger charge is 2.28. The van der Waals surface area contributed by atoms with Crippen LogP contribution in [0.3, 0.4) is 0 Å². The van der Waals surface area contributed by atoms with E-state index in [0.717, 1.165) is 35.8 Å². The molecule has 37 heavy (non-hydrogen) atoms. The second-order valence-corrected chi connectivity index (χ2v) is 11.3. The van der Waals surface area contributed by atoms with E-state index in [1.165, 1.54) is 6.07 Å². The molecule has 5 N–H and O–H groups in total. The molecule has 3 aromatic carbocycles. The zero-order valence-corrected chi connectivity index (χ0v) is 21.6. The number of carbonyl (C=O) groups is 2. The number of likely N-dealkylation sites (tertiary alicyclic amines) is 1. The van der Waals surface area contributed by atoms with Crippen molar-refractivity contribution in [1.29, 1.82) is 0 Å². The van der Waals surface area contributed by atoms with E-state index in [9.17, 15) is 18.0 Å². The van der Waals surface area contributed by atoms with Crippen LogP contribution in [-0.4, -0.2) is 44.6 Å². The fourth-order valence-corrected chi connectivity index (χ4v) is 6.05. The van der Waals surface area contributed by atoms with Gasteiger partial charge in [-0.3, -0.25) is 9.59 Å². The van der Waals surface area contributed by atoms with Crippen LogP contribution in [0.15, 0.2) is 71.6 Å². The number of hydrogen-bond donors (Lipinski definition) is 3. The third kappa shape index (κ3) is 6.81. The van der Waals surface area contributed by atoms with Crippen molar-refractivity contribution < 1.29 is 18.0 Å². The predicted octanol–water partition coefficient (Wildman–Crippen LogP) is 2.86. The highest BCUT2D eigenvalue weighted by Crippen LogP contribution is 2.23. The van der Waals surface area contributed by atoms with Gasteiger partial charge in [-0.25, -0.2) is 13.1 Å². The molecule has 0 aliphatic carbocycles. The number of hydrogen-bond acceptors (Lipinski definition) is 6. The number of sulfonamides is 1. The van der Waals surface area contributed by atoms with Gasteiger partial charge >= 0.3 is 0 Å². The monoisotopic (exact) mass is 522 g/mol. The van der Waals surface area contributed by atoms with E-state index < -0.39 is 22.1 Å². The van der Waals surface area contributed by atoms with E-state index in [1.807, 2.05) is 47.4 Å². The topological polar surface area (TPSA) is 136 Å². The third-order valence-electron chi connectivity index (χ3n) is 6.84. The van der Waals surface area contributed by atoms with Crippen molar-refractivity contribution >= 4 is 32.5 Å². The normalized spacial score (nSPS) is 15.2. The predicted molar refractivity (Wildman–Crippen MR) is 144 cm³/mol. The molecule has 1 unspecified atom stereocenters. The maximum Gasteiger partial charge on any atom is 0.241 e. The number of Topliss-reactive ketones (excluding diaryl/α,β-unsaturated/α-hetero) is 1. The average molecular weight is 523 g/mol. The van der Waals surface area contributed by atoms with Crippen LogP contribution >= 0.6 is 0 Å². The molecule has 0 saturated carbocycles. The van der Waals surface area contributed by atoms with Crippen LogP contribution in [0, 0.1) is 5.92 Å². The number of nitrogens with zero attached hydrogens (tertiary/aromatic N) is 1. The summed E-state index contributed by atoms with van der Waals surface area (Å²) in [5.74, 6) is -0.977. The highest BCUT2D eigenvalue weighted by atomic mass is 32.2. The Kier molecular flexibility index (Phi) is 8.71. The van der Waals surface area contributed by atoms with E-state index in [4.69, 9.17) is 11.5 Å². The molecule has 1 fully saturated rings. The maximum absolute atomic E-state index is 13.4. The summed E-state index contributed by atoms with van der Waals surface area (Å²) in [5.41, 5.74) is 13.1. The summed E-state index contributed by atoms with van der Waals surface area (Å²) in [7, 11) is -3.92. The van der Waals surface area contributed by atoms with Gasteiger partial charge in [0.1, 0.15) is 5.78 Å². The Morgan fingerprint density at radius 3 is 2.27 bits per heavy atom. The molecule has 8 nitrogen and oxygen atoms in total. The number of fused-ring (bicyclic) bond motifs is 1. The summed E-state index contributed by atoms with van der Waals surface area (Å²) in [5, 5.41) is 1.38. The van der Waals surface area contributed by atoms with Crippen molar-refractivity contribution in [1.82, 2.24) is 9.62 Å². The molecular formula is C28H34N4O4S. The van der Waals surface area contributed by atoms with Crippen molar-refractivity contribution in [3.05, 3.63) is 77.9 Å². The lowest BCUT2D eigenvalue weighted by molar-refractivity contribution is -0.138. The van der Waals surface area contributed by atoms with Crippen molar-refractivity contribution in [3.8, 4) is 0 Å². The molecule has 0 aromatic heterocycles. The largest absolute Gasteiger partial charge is 0.342 e. The minimum atomic E-state index is -3.92. The summed E-state index contributed by atoms with van der Waals surface area (Å²) in [4.78, 5) is 28.3. The molecule has 9 heteroatoms. The lowest BCUT2D eigenvalue weighted by Gasteiger charge is -2.30. The lowest BCUT2D eigenvalue weighted by Crippen LogP contribution is -2.41. The molecule has 4 rings (SSSR count). The van der Waals surface area contributed by atoms with Crippen LogP contribution in [0.1, 0.15) is 43.0 Å². The number of nitrogens with one attached hydrogen (secondary N) is 1. The van der Waals surface area contributed by atoms with Gasteiger partial charge in [-0.1, -0.05) is 60.7 Å². The molecule has 1 aliphatic rings. The Morgan fingerprint density at radius 2 is 1.57 bits per heavy atom. The van der Waals surface area contributed by atoms with Crippen LogP contribution in [0.25, 0.3) is 10.8 Å². The Bertz CT molecular complexity index is 1340. The summed E-state index contributed by atoms with van der Waals surface area (Å²) in [6, 6.07) is 19.6. The van der Waals surface area contributed by atoms with E-state index in [2.05, 4.69) is 4.72 Å². The first kappa shape index (κ1) is 26.9. The number of piperidine rings is 1. The van der Waals surface area contributed by atoms with E-state index in [1.54, 1.807) is 18.2 Å². The maximum atomic E-state index is 13.4. The smallest absolute Gasteiger partial charge is 0.241 e. The molecule has 1 amide bonds. The van der Waals surface area contributed by atoms with Crippen LogP contribution < -0.4 is 16.2 Å². The summed E-state index contributed by atoms with van der Waals surface area (Å²) < 4.78 is 28.5. The van der Waals surface area contributed by atoms with Crippen LogP contribution in [0.5, 0.6) is 0 Å².